The van der Waals surface area contributed by atoms with Crippen LogP contribution in [0, 0.1) is 11.6 Å². The fraction of sp³-hybridized carbons (Fsp3) is 0.118. The molecule has 2 aromatic rings. The molecule has 1 amide bonds. The molecule has 0 saturated carbocycles. The van der Waals surface area contributed by atoms with Crippen molar-refractivity contribution in [3.63, 3.8) is 0 Å². The van der Waals surface area contributed by atoms with Crippen molar-refractivity contribution in [1.29, 1.82) is 0 Å². The number of hydrogen-bond acceptors (Lipinski definition) is 1. The molecule has 2 aromatic carbocycles. The molecule has 0 aliphatic rings. The molecule has 0 aromatic heterocycles. The van der Waals surface area contributed by atoms with Crippen LogP contribution >= 0.6 is 15.9 Å². The second-order valence-corrected chi connectivity index (χ2v) is 5.74. The van der Waals surface area contributed by atoms with Crippen LogP contribution in [0.5, 0.6) is 0 Å². The fourth-order valence-corrected chi connectivity index (χ4v) is 2.25. The summed E-state index contributed by atoms with van der Waals surface area (Å²) in [6, 6.07) is 10.5. The lowest BCUT2D eigenvalue weighted by Crippen LogP contribution is -2.24. The van der Waals surface area contributed by atoms with Gasteiger partial charge in [0.15, 0.2) is 0 Å². The Balaban J connectivity index is 2.03. The Morgan fingerprint density at radius 3 is 2.55 bits per heavy atom. The molecule has 0 unspecified atom stereocenters. The van der Waals surface area contributed by atoms with E-state index in [0.717, 1.165) is 10.0 Å². The van der Waals surface area contributed by atoms with Crippen molar-refractivity contribution in [3.8, 4) is 0 Å². The standard InChI is InChI=1S/C17H14BrF2NO/c1-21(11-12-2-6-15(19)7-3-12)17(22)9-4-13-10-14(18)5-8-16(13)20/h2-10H,11H2,1H3/b9-4+. The van der Waals surface area contributed by atoms with Gasteiger partial charge in [-0.3, -0.25) is 4.79 Å². The van der Waals surface area contributed by atoms with E-state index in [0.29, 0.717) is 12.1 Å². The molecule has 0 aliphatic heterocycles. The Kier molecular flexibility index (Phi) is 5.44. The first kappa shape index (κ1) is 16.4. The summed E-state index contributed by atoms with van der Waals surface area (Å²) in [7, 11) is 1.63. The van der Waals surface area contributed by atoms with Crippen molar-refractivity contribution in [3.05, 3.63) is 75.8 Å². The minimum atomic E-state index is -0.395. The van der Waals surface area contributed by atoms with Crippen LogP contribution in [-0.2, 0) is 11.3 Å². The van der Waals surface area contributed by atoms with Gasteiger partial charge in [0.2, 0.25) is 5.91 Å². The molecule has 5 heteroatoms. The highest BCUT2D eigenvalue weighted by atomic mass is 79.9. The summed E-state index contributed by atoms with van der Waals surface area (Å²) in [6.07, 6.45) is 2.75. The predicted octanol–water partition coefficient (Wildman–Crippen LogP) is 4.40. The zero-order valence-corrected chi connectivity index (χ0v) is 13.5. The summed E-state index contributed by atoms with van der Waals surface area (Å²) in [5, 5.41) is 0. The molecule has 0 bridgehead atoms. The van der Waals surface area contributed by atoms with E-state index in [1.54, 1.807) is 31.3 Å². The van der Waals surface area contributed by atoms with Gasteiger partial charge in [0.25, 0.3) is 0 Å². The maximum atomic E-state index is 13.6. The third kappa shape index (κ3) is 4.49. The van der Waals surface area contributed by atoms with Gasteiger partial charge in [-0.2, -0.15) is 0 Å². The highest BCUT2D eigenvalue weighted by molar-refractivity contribution is 9.10. The molecule has 0 heterocycles. The lowest BCUT2D eigenvalue weighted by Gasteiger charge is -2.15. The molecule has 0 aliphatic carbocycles. The minimum Gasteiger partial charge on any atom is -0.338 e. The number of carbonyl (C=O) groups is 1. The Hall–Kier alpha value is -2.01. The first-order chi connectivity index (χ1) is 10.5. The maximum Gasteiger partial charge on any atom is 0.246 e. The van der Waals surface area contributed by atoms with Crippen molar-refractivity contribution in [2.24, 2.45) is 0 Å². The van der Waals surface area contributed by atoms with Gasteiger partial charge >= 0.3 is 0 Å². The van der Waals surface area contributed by atoms with E-state index >= 15 is 0 Å². The average Bonchev–Trinajstić information content (AvgIpc) is 2.50. The third-order valence-electron chi connectivity index (χ3n) is 3.07. The summed E-state index contributed by atoms with van der Waals surface area (Å²) >= 11 is 3.26. The first-order valence-electron chi connectivity index (χ1n) is 6.58. The van der Waals surface area contributed by atoms with Gasteiger partial charge in [-0.25, -0.2) is 8.78 Å². The van der Waals surface area contributed by atoms with E-state index in [9.17, 15) is 13.6 Å². The number of halogens is 3. The number of nitrogens with zero attached hydrogens (tertiary/aromatic N) is 1. The van der Waals surface area contributed by atoms with Gasteiger partial charge in [-0.05, 0) is 42.0 Å². The van der Waals surface area contributed by atoms with E-state index in [1.165, 1.54) is 35.3 Å². The number of carbonyl (C=O) groups excluding carboxylic acids is 1. The van der Waals surface area contributed by atoms with E-state index in [4.69, 9.17) is 0 Å². The highest BCUT2D eigenvalue weighted by Gasteiger charge is 2.07. The van der Waals surface area contributed by atoms with E-state index < -0.39 is 5.82 Å². The normalized spacial score (nSPS) is 10.9. The number of likely N-dealkylation sites (N-methyl/N-ethyl adjacent to an activating group) is 1. The molecule has 0 radical (unpaired) electrons. The molecule has 0 saturated heterocycles. The Morgan fingerprint density at radius 1 is 1.18 bits per heavy atom. The van der Waals surface area contributed by atoms with Gasteiger partial charge in [-0.15, -0.1) is 0 Å². The molecular formula is C17H14BrF2NO. The van der Waals surface area contributed by atoms with Crippen molar-refractivity contribution in [2.45, 2.75) is 6.54 Å². The maximum absolute atomic E-state index is 13.6. The molecular weight excluding hydrogens is 352 g/mol. The fourth-order valence-electron chi connectivity index (χ4n) is 1.87. The smallest absolute Gasteiger partial charge is 0.246 e. The lowest BCUT2D eigenvalue weighted by molar-refractivity contribution is -0.125. The molecule has 114 valence electrons. The number of rotatable bonds is 4. The third-order valence-corrected chi connectivity index (χ3v) is 3.57. The topological polar surface area (TPSA) is 20.3 Å². The molecule has 0 spiro atoms. The Morgan fingerprint density at radius 2 is 1.86 bits per heavy atom. The van der Waals surface area contributed by atoms with Gasteiger partial charge in [0, 0.05) is 29.7 Å². The number of hydrogen-bond donors (Lipinski definition) is 0. The van der Waals surface area contributed by atoms with Crippen LogP contribution in [0.15, 0.2) is 53.0 Å². The summed E-state index contributed by atoms with van der Waals surface area (Å²) < 4.78 is 27.1. The van der Waals surface area contributed by atoms with Gasteiger partial charge in [0.05, 0.1) is 0 Å². The largest absolute Gasteiger partial charge is 0.338 e. The predicted molar refractivity (Wildman–Crippen MR) is 86.0 cm³/mol. The average molecular weight is 366 g/mol. The van der Waals surface area contributed by atoms with Crippen LogP contribution in [-0.4, -0.2) is 17.9 Å². The molecule has 0 fully saturated rings. The lowest BCUT2D eigenvalue weighted by atomic mass is 10.2. The SMILES string of the molecule is CN(Cc1ccc(F)cc1)C(=O)/C=C/c1cc(Br)ccc1F. The van der Waals surface area contributed by atoms with Crippen molar-refractivity contribution in [1.82, 2.24) is 4.90 Å². The van der Waals surface area contributed by atoms with E-state index in [1.807, 2.05) is 0 Å². The van der Waals surface area contributed by atoms with Gasteiger partial charge in [-0.1, -0.05) is 28.1 Å². The van der Waals surface area contributed by atoms with E-state index in [2.05, 4.69) is 15.9 Å². The first-order valence-corrected chi connectivity index (χ1v) is 7.37. The highest BCUT2D eigenvalue weighted by Crippen LogP contribution is 2.17. The van der Waals surface area contributed by atoms with Crippen LogP contribution in [0.25, 0.3) is 6.08 Å². The van der Waals surface area contributed by atoms with Crippen LogP contribution in [0.2, 0.25) is 0 Å². The molecule has 0 atom stereocenters. The van der Waals surface area contributed by atoms with Crippen LogP contribution in [0.4, 0.5) is 8.78 Å². The van der Waals surface area contributed by atoms with Gasteiger partial charge < -0.3 is 4.90 Å². The van der Waals surface area contributed by atoms with Crippen LogP contribution in [0.3, 0.4) is 0 Å². The Labute approximate surface area is 136 Å². The second kappa shape index (κ2) is 7.31. The van der Waals surface area contributed by atoms with Crippen molar-refractivity contribution in [2.75, 3.05) is 7.05 Å². The number of benzene rings is 2. The zero-order chi connectivity index (χ0) is 16.1. The quantitative estimate of drug-likeness (QED) is 0.735. The molecule has 0 N–H and O–H groups in total. The second-order valence-electron chi connectivity index (χ2n) is 4.82. The summed E-state index contributed by atoms with van der Waals surface area (Å²) in [4.78, 5) is 13.5. The monoisotopic (exact) mass is 365 g/mol. The summed E-state index contributed by atoms with van der Waals surface area (Å²) in [5.41, 5.74) is 1.15. The van der Waals surface area contributed by atoms with Crippen molar-refractivity contribution >= 4 is 27.9 Å². The minimum absolute atomic E-state index is 0.260. The van der Waals surface area contributed by atoms with Crippen LogP contribution < -0.4 is 0 Å². The summed E-state index contributed by atoms with van der Waals surface area (Å²) in [6.45, 7) is 0.352. The summed E-state index contributed by atoms with van der Waals surface area (Å²) in [5.74, 6) is -0.972. The zero-order valence-electron chi connectivity index (χ0n) is 11.9. The molecule has 2 rings (SSSR count). The molecule has 22 heavy (non-hydrogen) atoms. The van der Waals surface area contributed by atoms with Gasteiger partial charge in [0.1, 0.15) is 11.6 Å². The number of amides is 1. The van der Waals surface area contributed by atoms with Crippen LogP contribution in [0.1, 0.15) is 11.1 Å². The molecule has 2 nitrogen and oxygen atoms in total. The van der Waals surface area contributed by atoms with E-state index in [-0.39, 0.29) is 11.7 Å². The van der Waals surface area contributed by atoms with Crippen molar-refractivity contribution < 1.29 is 13.6 Å². The Bertz CT molecular complexity index is 698.